The molecule has 1 saturated heterocycles. The molecule has 2 nitrogen and oxygen atoms in total. The van der Waals surface area contributed by atoms with Crippen molar-refractivity contribution in [1.29, 1.82) is 0 Å². The smallest absolute Gasteiger partial charge is 0.120 e. The molecule has 94 valence electrons. The van der Waals surface area contributed by atoms with E-state index in [0.29, 0.717) is 10.8 Å². The second-order valence-corrected chi connectivity index (χ2v) is 9.78. The molecule has 0 aromatic rings. The average Bonchev–Trinajstić information content (AvgIpc) is 2.53. The predicted molar refractivity (Wildman–Crippen MR) is 71.7 cm³/mol. The van der Waals surface area contributed by atoms with Gasteiger partial charge in [0.2, 0.25) is 0 Å². The minimum atomic E-state index is 0. The monoisotopic (exact) mass is 319 g/mol. The van der Waals surface area contributed by atoms with E-state index in [1.165, 1.54) is 25.1 Å². The zero-order valence-corrected chi connectivity index (χ0v) is 14.2. The van der Waals surface area contributed by atoms with Crippen molar-refractivity contribution in [2.24, 2.45) is 10.8 Å². The first-order valence-electron chi connectivity index (χ1n) is 4.78. The summed E-state index contributed by atoms with van der Waals surface area (Å²) in [6.45, 7) is 13.9. The van der Waals surface area contributed by atoms with Crippen molar-refractivity contribution in [3.8, 4) is 0 Å². The van der Waals surface area contributed by atoms with Crippen LogP contribution in [-0.2, 0) is 16.5 Å². The van der Waals surface area contributed by atoms with E-state index in [-0.39, 0.29) is 16.5 Å². The van der Waals surface area contributed by atoms with Gasteiger partial charge < -0.3 is 0 Å². The summed E-state index contributed by atoms with van der Waals surface area (Å²) < 4.78 is 0. The van der Waals surface area contributed by atoms with Crippen LogP contribution in [0.1, 0.15) is 41.5 Å². The van der Waals surface area contributed by atoms with Gasteiger partial charge in [-0.3, -0.25) is 0 Å². The van der Waals surface area contributed by atoms with E-state index in [2.05, 4.69) is 41.5 Å². The van der Waals surface area contributed by atoms with Crippen LogP contribution in [0.15, 0.2) is 0 Å². The molecule has 0 bridgehead atoms. The van der Waals surface area contributed by atoms with Crippen LogP contribution in [0, 0.1) is 26.5 Å². The molecule has 0 spiro atoms. The quantitative estimate of drug-likeness (QED) is 0.436. The fraction of sp³-hybridized carbons (Fsp3) is 0.800. The van der Waals surface area contributed by atoms with Gasteiger partial charge in [-0.05, 0) is 27.4 Å². The first kappa shape index (κ1) is 19.7. The molecule has 0 N–H and O–H groups in total. The molecule has 6 radical (unpaired) electrons. The fourth-order valence-corrected chi connectivity index (χ4v) is 7.71. The molecule has 1 aliphatic heterocycles. The van der Waals surface area contributed by atoms with Crippen LogP contribution in [-0.4, -0.2) is 0 Å². The molecule has 1 rings (SSSR count). The summed E-state index contributed by atoms with van der Waals surface area (Å²) in [7, 11) is 4.59. The molecule has 16 heavy (non-hydrogen) atoms. The van der Waals surface area contributed by atoms with E-state index >= 15 is 0 Å². The summed E-state index contributed by atoms with van der Waals surface area (Å²) in [5.74, 6) is 0. The maximum Gasteiger partial charge on any atom is 0.120 e. The molecule has 0 aliphatic carbocycles. The number of hydrogen-bond donors (Lipinski definition) is 0. The van der Waals surface area contributed by atoms with Gasteiger partial charge in [0.15, 0.2) is 0 Å². The van der Waals surface area contributed by atoms with Gasteiger partial charge in [0.1, 0.15) is 5.59 Å². The normalized spacial score (nSPS) is 23.1. The first-order valence-corrected chi connectivity index (χ1v) is 8.17. The summed E-state index contributed by atoms with van der Waals surface area (Å²) in [5, 5.41) is 3.36. The Labute approximate surface area is 115 Å². The molecule has 0 aromatic carbocycles. The molecular weight excluding hydrogens is 302 g/mol. The third-order valence-electron chi connectivity index (χ3n) is 1.79. The number of nitrogens with zero attached hydrogens (tertiary/aromatic N) is 1. The van der Waals surface area contributed by atoms with Gasteiger partial charge in [-0.2, -0.15) is 0 Å². The van der Waals surface area contributed by atoms with Gasteiger partial charge in [-0.15, -0.1) is 4.91 Å². The number of nitroso groups, excluding NO2 is 1. The second-order valence-electron chi connectivity index (χ2n) is 5.46. The summed E-state index contributed by atoms with van der Waals surface area (Å²) in [6, 6.07) is 0. The van der Waals surface area contributed by atoms with E-state index in [1.807, 2.05) is 0 Å². The molecule has 0 saturated carbocycles. The Balaban J connectivity index is 0. The minimum absolute atomic E-state index is 0. The van der Waals surface area contributed by atoms with Gasteiger partial charge in [-0.1, -0.05) is 50.1 Å². The van der Waals surface area contributed by atoms with Crippen molar-refractivity contribution in [2.75, 3.05) is 0 Å². The molecule has 1 aliphatic rings. The van der Waals surface area contributed by atoms with Gasteiger partial charge in [0.25, 0.3) is 0 Å². The van der Waals surface area contributed by atoms with Crippen LogP contribution >= 0.6 is 25.1 Å². The third-order valence-corrected chi connectivity index (χ3v) is 9.03. The largest absolute Gasteiger partial charge is 0.120 e. The van der Waals surface area contributed by atoms with Crippen LogP contribution in [0.4, 0.5) is 0 Å². The van der Waals surface area contributed by atoms with Crippen molar-refractivity contribution >= 4 is 25.1 Å². The summed E-state index contributed by atoms with van der Waals surface area (Å²) >= 11 is 0. The SMILES string of the molecule is CC(C)(C)[C]1[P][P][C](C(C)(C)C)[P]1.[N]=O.[Ni]. The molecule has 1 heterocycles. The number of rotatable bonds is 0. The standard InChI is InChI=1S/C10H18P3.NO.Ni/c1-9(2,3)7-11-8(13-12-7)10(4,5)6;1-2;/h1-6H3;;. The molecule has 6 heteroatoms. The zero-order chi connectivity index (χ0) is 12.3. The van der Waals surface area contributed by atoms with Crippen LogP contribution in [0.3, 0.4) is 0 Å². The van der Waals surface area contributed by atoms with E-state index in [1.54, 1.807) is 10.8 Å². The van der Waals surface area contributed by atoms with E-state index in [9.17, 15) is 0 Å². The zero-order valence-electron chi connectivity index (χ0n) is 10.5. The minimum Gasteiger partial charge on any atom is -0.120 e. The summed E-state index contributed by atoms with van der Waals surface area (Å²) in [5.41, 5.74) is 6.53. The predicted octanol–water partition coefficient (Wildman–Crippen LogP) is 5.38. The first-order chi connectivity index (χ1) is 6.71. The van der Waals surface area contributed by atoms with Crippen LogP contribution in [0.25, 0.3) is 0 Å². The second kappa shape index (κ2) is 7.74. The van der Waals surface area contributed by atoms with E-state index in [0.717, 1.165) is 0 Å². The number of hydrogen-bond acceptors (Lipinski definition) is 1. The Morgan fingerprint density at radius 3 is 1.19 bits per heavy atom. The molecule has 0 amide bonds. The van der Waals surface area contributed by atoms with Crippen molar-refractivity contribution in [3.63, 3.8) is 0 Å². The molecular formula is C10H18NNiOP3. The third kappa shape index (κ3) is 6.35. The van der Waals surface area contributed by atoms with Crippen molar-refractivity contribution in [1.82, 2.24) is 5.59 Å². The molecule has 0 aromatic heterocycles. The molecule has 1 fully saturated rings. The Kier molecular flexibility index (Phi) is 9.54. The van der Waals surface area contributed by atoms with Crippen molar-refractivity contribution in [3.05, 3.63) is 15.7 Å². The van der Waals surface area contributed by atoms with Crippen LogP contribution < -0.4 is 5.59 Å². The van der Waals surface area contributed by atoms with Gasteiger partial charge in [0.05, 0.1) is 0 Å². The maximum atomic E-state index is 7.25. The molecule has 0 atom stereocenters. The topological polar surface area (TPSA) is 39.4 Å². The average molecular weight is 320 g/mol. The van der Waals surface area contributed by atoms with Gasteiger partial charge in [-0.25, -0.2) is 0 Å². The van der Waals surface area contributed by atoms with E-state index < -0.39 is 0 Å². The van der Waals surface area contributed by atoms with Crippen LogP contribution in [0.5, 0.6) is 0 Å². The Hall–Kier alpha value is 1.38. The summed E-state index contributed by atoms with van der Waals surface area (Å²) in [4.78, 5) is 7.25. The Bertz CT molecular complexity index is 183. The maximum absolute atomic E-state index is 7.25. The molecule has 0 unspecified atom stereocenters. The summed E-state index contributed by atoms with van der Waals surface area (Å²) in [6.07, 6.45) is 0. The fourth-order valence-electron chi connectivity index (χ4n) is 0.875. The van der Waals surface area contributed by atoms with Crippen molar-refractivity contribution in [2.45, 2.75) is 41.5 Å². The van der Waals surface area contributed by atoms with E-state index in [4.69, 9.17) is 10.5 Å². The van der Waals surface area contributed by atoms with Gasteiger partial charge in [0, 0.05) is 27.3 Å². The Morgan fingerprint density at radius 1 is 0.812 bits per heavy atom. The van der Waals surface area contributed by atoms with Crippen molar-refractivity contribution < 1.29 is 16.5 Å². The Morgan fingerprint density at radius 2 is 1.06 bits per heavy atom. The van der Waals surface area contributed by atoms with Gasteiger partial charge >= 0.3 is 0 Å². The van der Waals surface area contributed by atoms with Crippen LogP contribution in [0.2, 0.25) is 0 Å².